The van der Waals surface area contributed by atoms with Crippen LogP contribution in [0.5, 0.6) is 5.75 Å². The maximum Gasteiger partial charge on any atom is 0.120 e. The summed E-state index contributed by atoms with van der Waals surface area (Å²) in [5, 5.41) is 1.53. The quantitative estimate of drug-likeness (QED) is 0.620. The fraction of sp³-hybridized carbons (Fsp3) is 0.143. The van der Waals surface area contributed by atoms with Crippen molar-refractivity contribution in [1.29, 1.82) is 0 Å². The Morgan fingerprint density at radius 2 is 1.94 bits per heavy atom. The van der Waals surface area contributed by atoms with E-state index >= 15 is 0 Å². The van der Waals surface area contributed by atoms with Gasteiger partial charge in [0.1, 0.15) is 12.4 Å². The first-order chi connectivity index (χ1) is 8.69. The van der Waals surface area contributed by atoms with E-state index in [1.54, 1.807) is 0 Å². The third-order valence-electron chi connectivity index (χ3n) is 2.46. The van der Waals surface area contributed by atoms with Gasteiger partial charge in [-0.2, -0.15) is 0 Å². The maximum atomic E-state index is 6.14. The Hall–Kier alpha value is -0.510. The number of halogens is 3. The van der Waals surface area contributed by atoms with Crippen molar-refractivity contribution in [1.82, 2.24) is 0 Å². The van der Waals surface area contributed by atoms with Crippen molar-refractivity contribution in [3.8, 4) is 5.75 Å². The minimum absolute atomic E-state index is 0.470. The Morgan fingerprint density at radius 3 is 2.67 bits per heavy atom. The summed E-state index contributed by atoms with van der Waals surface area (Å²) in [4.78, 5) is 0. The van der Waals surface area contributed by atoms with Crippen molar-refractivity contribution in [2.24, 2.45) is 0 Å². The molecule has 0 atom stereocenters. The van der Waals surface area contributed by atoms with E-state index in [0.717, 1.165) is 21.1 Å². The third kappa shape index (κ3) is 3.74. The zero-order valence-corrected chi connectivity index (χ0v) is 13.4. The number of hydrogen-bond acceptors (Lipinski definition) is 1. The van der Waals surface area contributed by atoms with E-state index < -0.39 is 0 Å². The molecule has 94 valence electrons. The highest BCUT2D eigenvalue weighted by Gasteiger charge is 2.02. The molecule has 0 fully saturated rings. The van der Waals surface area contributed by atoms with E-state index in [4.69, 9.17) is 16.3 Å². The van der Waals surface area contributed by atoms with Crippen LogP contribution in [0.2, 0.25) is 5.02 Å². The summed E-state index contributed by atoms with van der Waals surface area (Å²) in [6, 6.07) is 13.8. The van der Waals surface area contributed by atoms with E-state index in [1.807, 2.05) is 42.5 Å². The average molecular weight is 391 g/mol. The van der Waals surface area contributed by atoms with Gasteiger partial charge in [-0.1, -0.05) is 61.7 Å². The van der Waals surface area contributed by atoms with E-state index in [2.05, 4.69) is 31.9 Å². The lowest BCUT2D eigenvalue weighted by molar-refractivity contribution is 0.306. The molecule has 0 heterocycles. The summed E-state index contributed by atoms with van der Waals surface area (Å²) >= 11 is 12.9. The molecule has 2 aromatic carbocycles. The van der Waals surface area contributed by atoms with Gasteiger partial charge in [0.15, 0.2) is 0 Å². The van der Waals surface area contributed by atoms with Gasteiger partial charge in [-0.15, -0.1) is 0 Å². The summed E-state index contributed by atoms with van der Waals surface area (Å²) in [5.41, 5.74) is 2.17. The number of alkyl halides is 1. The van der Waals surface area contributed by atoms with Gasteiger partial charge in [-0.25, -0.2) is 0 Å². The largest absolute Gasteiger partial charge is 0.489 e. The lowest BCUT2D eigenvalue weighted by atomic mass is 10.2. The van der Waals surface area contributed by atoms with Crippen molar-refractivity contribution >= 4 is 43.5 Å². The Morgan fingerprint density at radius 1 is 1.11 bits per heavy atom. The van der Waals surface area contributed by atoms with Crippen LogP contribution in [0.15, 0.2) is 46.9 Å². The third-order valence-corrected chi connectivity index (χ3v) is 3.95. The first-order valence-corrected chi connectivity index (χ1v) is 7.70. The second-order valence-corrected chi connectivity index (χ2v) is 5.69. The molecule has 0 N–H and O–H groups in total. The van der Waals surface area contributed by atoms with Crippen molar-refractivity contribution in [2.45, 2.75) is 11.9 Å². The van der Waals surface area contributed by atoms with Gasteiger partial charge in [0.05, 0.1) is 0 Å². The molecular weight excluding hydrogens is 379 g/mol. The first kappa shape index (κ1) is 13.9. The minimum atomic E-state index is 0.470. The van der Waals surface area contributed by atoms with Crippen molar-refractivity contribution in [3.05, 3.63) is 63.1 Å². The highest BCUT2D eigenvalue weighted by molar-refractivity contribution is 9.10. The lowest BCUT2D eigenvalue weighted by Gasteiger charge is -2.09. The van der Waals surface area contributed by atoms with Crippen molar-refractivity contribution in [2.75, 3.05) is 0 Å². The molecule has 1 nitrogen and oxygen atoms in total. The summed E-state index contributed by atoms with van der Waals surface area (Å²) in [6.07, 6.45) is 0. The van der Waals surface area contributed by atoms with Crippen LogP contribution >= 0.6 is 43.5 Å². The van der Waals surface area contributed by atoms with E-state index in [9.17, 15) is 0 Å². The van der Waals surface area contributed by atoms with Gasteiger partial charge < -0.3 is 4.74 Å². The van der Waals surface area contributed by atoms with Crippen LogP contribution in [0.1, 0.15) is 11.1 Å². The smallest absolute Gasteiger partial charge is 0.120 e. The van der Waals surface area contributed by atoms with Crippen molar-refractivity contribution < 1.29 is 4.74 Å². The fourth-order valence-electron chi connectivity index (χ4n) is 1.52. The molecule has 2 rings (SSSR count). The molecule has 0 saturated carbocycles. The lowest BCUT2D eigenvalue weighted by Crippen LogP contribution is -1.96. The highest BCUT2D eigenvalue weighted by Crippen LogP contribution is 2.23. The molecular formula is C14H11Br2ClO. The van der Waals surface area contributed by atoms with Crippen LogP contribution in [0.3, 0.4) is 0 Å². The van der Waals surface area contributed by atoms with E-state index in [-0.39, 0.29) is 0 Å². The van der Waals surface area contributed by atoms with Gasteiger partial charge in [-0.3, -0.25) is 0 Å². The van der Waals surface area contributed by atoms with E-state index in [0.29, 0.717) is 11.6 Å². The molecule has 0 unspecified atom stereocenters. The SMILES string of the molecule is Clc1cc(Br)ccc1COc1cccc(CBr)c1. The maximum absolute atomic E-state index is 6.14. The van der Waals surface area contributed by atoms with Crippen molar-refractivity contribution in [3.63, 3.8) is 0 Å². The van der Waals surface area contributed by atoms with Crippen LogP contribution in [-0.2, 0) is 11.9 Å². The Labute approximate surface area is 128 Å². The Bertz CT molecular complexity index is 543. The fourth-order valence-corrected chi connectivity index (χ4v) is 2.59. The topological polar surface area (TPSA) is 9.23 Å². The Kier molecular flexibility index (Phi) is 5.10. The van der Waals surface area contributed by atoms with Crippen LogP contribution < -0.4 is 4.74 Å². The number of hydrogen-bond donors (Lipinski definition) is 0. The zero-order chi connectivity index (χ0) is 13.0. The molecule has 2 aromatic rings. The normalized spacial score (nSPS) is 10.4. The molecule has 18 heavy (non-hydrogen) atoms. The molecule has 0 aliphatic rings. The standard InChI is InChI=1S/C14H11Br2ClO/c15-8-10-2-1-3-13(6-10)18-9-11-4-5-12(16)7-14(11)17/h1-7H,8-9H2. The number of ether oxygens (including phenoxy) is 1. The van der Waals surface area contributed by atoms with Crippen LogP contribution in [-0.4, -0.2) is 0 Å². The van der Waals surface area contributed by atoms with Crippen LogP contribution in [0.25, 0.3) is 0 Å². The van der Waals surface area contributed by atoms with Gasteiger partial charge in [0.2, 0.25) is 0 Å². The molecule has 0 aromatic heterocycles. The Balaban J connectivity index is 2.06. The van der Waals surface area contributed by atoms with Crippen LogP contribution in [0, 0.1) is 0 Å². The molecule has 0 amide bonds. The average Bonchev–Trinajstić information content (AvgIpc) is 2.38. The van der Waals surface area contributed by atoms with Gasteiger partial charge in [-0.05, 0) is 29.8 Å². The second-order valence-electron chi connectivity index (χ2n) is 3.81. The predicted octanol–water partition coefficient (Wildman–Crippen LogP) is 5.58. The monoisotopic (exact) mass is 388 g/mol. The number of rotatable bonds is 4. The van der Waals surface area contributed by atoms with E-state index in [1.165, 1.54) is 5.56 Å². The molecule has 4 heteroatoms. The molecule has 0 spiro atoms. The molecule has 0 radical (unpaired) electrons. The van der Waals surface area contributed by atoms with Gasteiger partial charge in [0.25, 0.3) is 0 Å². The molecule has 0 bridgehead atoms. The zero-order valence-electron chi connectivity index (χ0n) is 9.50. The highest BCUT2D eigenvalue weighted by atomic mass is 79.9. The summed E-state index contributed by atoms with van der Waals surface area (Å²) < 4.78 is 6.70. The molecule has 0 saturated heterocycles. The molecule has 0 aliphatic carbocycles. The van der Waals surface area contributed by atoms with Crippen LogP contribution in [0.4, 0.5) is 0 Å². The predicted molar refractivity (Wildman–Crippen MR) is 82.6 cm³/mol. The summed E-state index contributed by atoms with van der Waals surface area (Å²) in [5.74, 6) is 0.853. The summed E-state index contributed by atoms with van der Waals surface area (Å²) in [7, 11) is 0. The number of benzene rings is 2. The second kappa shape index (κ2) is 6.60. The molecule has 0 aliphatic heterocycles. The summed E-state index contributed by atoms with van der Waals surface area (Å²) in [6.45, 7) is 0.470. The van der Waals surface area contributed by atoms with Gasteiger partial charge >= 0.3 is 0 Å². The first-order valence-electron chi connectivity index (χ1n) is 5.40. The van der Waals surface area contributed by atoms with Gasteiger partial charge in [0, 0.05) is 20.4 Å². The minimum Gasteiger partial charge on any atom is -0.489 e.